The molecule has 34 heavy (non-hydrogen) atoms. The summed E-state index contributed by atoms with van der Waals surface area (Å²) in [6, 6.07) is 11.9. The van der Waals surface area contributed by atoms with Gasteiger partial charge in [-0.2, -0.15) is 5.01 Å². The highest BCUT2D eigenvalue weighted by Gasteiger charge is 2.52. The SMILES string of the molecule is O=C(COC(=O)c1cc(-c2cccs2)nc2ccccc12)NN1C(=O)NC2(CCCCC2)C1=O. The van der Waals surface area contributed by atoms with E-state index in [1.54, 1.807) is 24.3 Å². The first-order valence-corrected chi connectivity index (χ1v) is 11.9. The van der Waals surface area contributed by atoms with Gasteiger partial charge < -0.3 is 10.1 Å². The van der Waals surface area contributed by atoms with Gasteiger partial charge in [-0.1, -0.05) is 43.5 Å². The molecule has 0 radical (unpaired) electrons. The van der Waals surface area contributed by atoms with Crippen molar-refractivity contribution in [3.8, 4) is 10.6 Å². The molecule has 10 heteroatoms. The van der Waals surface area contributed by atoms with Gasteiger partial charge in [0.25, 0.3) is 11.8 Å². The van der Waals surface area contributed by atoms with E-state index in [4.69, 9.17) is 4.74 Å². The average Bonchev–Trinajstić information content (AvgIpc) is 3.46. The maximum atomic E-state index is 12.9. The molecule has 0 bridgehead atoms. The molecule has 3 heterocycles. The number of nitrogens with one attached hydrogen (secondary N) is 2. The Kier molecular flexibility index (Phi) is 5.74. The van der Waals surface area contributed by atoms with Crippen molar-refractivity contribution < 1.29 is 23.9 Å². The Morgan fingerprint density at radius 2 is 1.91 bits per heavy atom. The summed E-state index contributed by atoms with van der Waals surface area (Å²) in [5, 5.41) is 5.92. The molecular weight excluding hydrogens is 456 g/mol. The number of esters is 1. The number of carbonyl (C=O) groups is 4. The topological polar surface area (TPSA) is 118 Å². The molecule has 5 rings (SSSR count). The summed E-state index contributed by atoms with van der Waals surface area (Å²) < 4.78 is 5.24. The van der Waals surface area contributed by atoms with Crippen molar-refractivity contribution in [1.82, 2.24) is 20.7 Å². The second kappa shape index (κ2) is 8.86. The number of hydrogen-bond donors (Lipinski definition) is 2. The van der Waals surface area contributed by atoms with Crippen molar-refractivity contribution in [2.24, 2.45) is 0 Å². The second-order valence-corrected chi connectivity index (χ2v) is 9.32. The predicted octanol–water partition coefficient (Wildman–Crippen LogP) is 3.41. The number of hydrazine groups is 1. The lowest BCUT2D eigenvalue weighted by atomic mass is 9.82. The third-order valence-corrected chi connectivity index (χ3v) is 7.04. The molecular formula is C24H22N4O5S. The van der Waals surface area contributed by atoms with Gasteiger partial charge in [-0.25, -0.2) is 14.6 Å². The molecule has 1 saturated heterocycles. The summed E-state index contributed by atoms with van der Waals surface area (Å²) in [4.78, 5) is 56.0. The van der Waals surface area contributed by atoms with Crippen LogP contribution in [0.25, 0.3) is 21.5 Å². The number of urea groups is 1. The second-order valence-electron chi connectivity index (χ2n) is 8.37. The number of hydrogen-bond acceptors (Lipinski definition) is 7. The molecule has 174 valence electrons. The zero-order valence-corrected chi connectivity index (χ0v) is 19.0. The van der Waals surface area contributed by atoms with Crippen molar-refractivity contribution >= 4 is 46.1 Å². The van der Waals surface area contributed by atoms with Gasteiger partial charge in [0.15, 0.2) is 6.61 Å². The first kappa shape index (κ1) is 22.0. The number of carbonyl (C=O) groups excluding carboxylic acids is 4. The lowest BCUT2D eigenvalue weighted by Crippen LogP contribution is -2.51. The molecule has 1 saturated carbocycles. The lowest BCUT2D eigenvalue weighted by molar-refractivity contribution is -0.140. The van der Waals surface area contributed by atoms with E-state index in [9.17, 15) is 19.2 Å². The molecule has 1 aromatic carbocycles. The van der Waals surface area contributed by atoms with Crippen LogP contribution in [-0.2, 0) is 14.3 Å². The molecule has 1 spiro atoms. The van der Waals surface area contributed by atoms with Crippen LogP contribution in [0.4, 0.5) is 4.79 Å². The van der Waals surface area contributed by atoms with Crippen LogP contribution in [-0.4, -0.2) is 46.0 Å². The van der Waals surface area contributed by atoms with E-state index < -0.39 is 36.0 Å². The summed E-state index contributed by atoms with van der Waals surface area (Å²) in [5.41, 5.74) is 2.85. The van der Waals surface area contributed by atoms with Crippen LogP contribution in [0.2, 0.25) is 0 Å². The van der Waals surface area contributed by atoms with Gasteiger partial charge in [-0.05, 0) is 36.4 Å². The number of fused-ring (bicyclic) bond motifs is 1. The van der Waals surface area contributed by atoms with Gasteiger partial charge in [0, 0.05) is 5.39 Å². The van der Waals surface area contributed by atoms with Crippen LogP contribution in [0.1, 0.15) is 42.5 Å². The minimum absolute atomic E-state index is 0.276. The molecule has 1 aliphatic heterocycles. The molecule has 2 aliphatic rings. The van der Waals surface area contributed by atoms with Crippen molar-refractivity contribution in [2.45, 2.75) is 37.6 Å². The van der Waals surface area contributed by atoms with Crippen LogP contribution < -0.4 is 10.7 Å². The highest BCUT2D eigenvalue weighted by molar-refractivity contribution is 7.13. The third-order valence-electron chi connectivity index (χ3n) is 6.15. The summed E-state index contributed by atoms with van der Waals surface area (Å²) in [7, 11) is 0. The Morgan fingerprint density at radius 3 is 2.68 bits per heavy atom. The highest BCUT2D eigenvalue weighted by Crippen LogP contribution is 2.33. The summed E-state index contributed by atoms with van der Waals surface area (Å²) in [6.45, 7) is -0.645. The summed E-state index contributed by atoms with van der Waals surface area (Å²) >= 11 is 1.50. The Labute approximate surface area is 199 Å². The first-order valence-electron chi connectivity index (χ1n) is 11.0. The van der Waals surface area contributed by atoms with Crippen LogP contribution in [0, 0.1) is 0 Å². The van der Waals surface area contributed by atoms with Gasteiger partial charge in [0.1, 0.15) is 5.54 Å². The van der Waals surface area contributed by atoms with Crippen molar-refractivity contribution in [3.63, 3.8) is 0 Å². The summed E-state index contributed by atoms with van der Waals surface area (Å²) in [6.07, 6.45) is 3.75. The third kappa shape index (κ3) is 4.01. The molecule has 4 amide bonds. The lowest BCUT2D eigenvalue weighted by Gasteiger charge is -2.30. The number of para-hydroxylation sites is 1. The fourth-order valence-electron chi connectivity index (χ4n) is 4.48. The van der Waals surface area contributed by atoms with Crippen molar-refractivity contribution in [2.75, 3.05) is 6.61 Å². The van der Waals surface area contributed by atoms with E-state index in [1.165, 1.54) is 11.3 Å². The number of benzene rings is 1. The Bertz CT molecular complexity index is 1280. The monoisotopic (exact) mass is 478 g/mol. The van der Waals surface area contributed by atoms with Crippen LogP contribution in [0.15, 0.2) is 47.8 Å². The zero-order valence-electron chi connectivity index (χ0n) is 18.2. The number of nitrogens with zero attached hydrogens (tertiary/aromatic N) is 2. The molecule has 0 unspecified atom stereocenters. The average molecular weight is 479 g/mol. The van der Waals surface area contributed by atoms with Crippen LogP contribution in [0.5, 0.6) is 0 Å². The van der Waals surface area contributed by atoms with Gasteiger partial charge in [-0.3, -0.25) is 15.0 Å². The van der Waals surface area contributed by atoms with Gasteiger partial charge in [-0.15, -0.1) is 11.3 Å². The molecule has 0 atom stereocenters. The number of aromatic nitrogens is 1. The fraction of sp³-hybridized carbons (Fsp3) is 0.292. The minimum atomic E-state index is -0.951. The zero-order chi connectivity index (χ0) is 23.7. The maximum Gasteiger partial charge on any atom is 0.344 e. The predicted molar refractivity (Wildman–Crippen MR) is 125 cm³/mol. The Balaban J connectivity index is 1.29. The summed E-state index contributed by atoms with van der Waals surface area (Å²) in [5.74, 6) is -1.95. The largest absolute Gasteiger partial charge is 0.452 e. The Hall–Kier alpha value is -3.79. The van der Waals surface area contributed by atoms with E-state index in [1.807, 2.05) is 23.6 Å². The van der Waals surface area contributed by atoms with E-state index >= 15 is 0 Å². The molecule has 3 aromatic rings. The van der Waals surface area contributed by atoms with Crippen molar-refractivity contribution in [1.29, 1.82) is 0 Å². The maximum absolute atomic E-state index is 12.9. The highest BCUT2D eigenvalue weighted by atomic mass is 32.1. The van der Waals surface area contributed by atoms with Crippen molar-refractivity contribution in [3.05, 3.63) is 53.4 Å². The molecule has 2 N–H and O–H groups in total. The van der Waals surface area contributed by atoms with Gasteiger partial charge >= 0.3 is 12.0 Å². The molecule has 9 nitrogen and oxygen atoms in total. The number of amides is 4. The number of ether oxygens (including phenoxy) is 1. The van der Waals surface area contributed by atoms with Crippen LogP contribution in [0.3, 0.4) is 0 Å². The number of pyridine rings is 1. The normalized spacial score (nSPS) is 17.1. The standard InChI is InChI=1S/C24H22N4O5S/c29-20(27-28-22(31)24(26-23(28)32)10-4-1-5-11-24)14-33-21(30)16-13-18(19-9-6-12-34-19)25-17-8-3-2-7-15(16)17/h2-3,6-9,12-13H,1,4-5,10-11,14H2,(H,26,32)(H,27,29). The smallest absolute Gasteiger partial charge is 0.344 e. The van der Waals surface area contributed by atoms with E-state index in [0.717, 1.165) is 24.1 Å². The first-order chi connectivity index (χ1) is 16.5. The number of rotatable bonds is 5. The van der Waals surface area contributed by atoms with E-state index in [2.05, 4.69) is 15.7 Å². The number of imide groups is 1. The van der Waals surface area contributed by atoms with E-state index in [0.29, 0.717) is 34.4 Å². The fourth-order valence-corrected chi connectivity index (χ4v) is 5.16. The molecule has 2 aromatic heterocycles. The van der Waals surface area contributed by atoms with E-state index in [-0.39, 0.29) is 5.56 Å². The molecule has 1 aliphatic carbocycles. The van der Waals surface area contributed by atoms with Crippen LogP contribution >= 0.6 is 11.3 Å². The Morgan fingerprint density at radius 1 is 1.12 bits per heavy atom. The minimum Gasteiger partial charge on any atom is -0.452 e. The van der Waals surface area contributed by atoms with Gasteiger partial charge in [0.05, 0.1) is 21.7 Å². The number of thiophene rings is 1. The molecule has 2 fully saturated rings. The van der Waals surface area contributed by atoms with Gasteiger partial charge in [0.2, 0.25) is 0 Å². The quantitative estimate of drug-likeness (QED) is 0.429.